The van der Waals surface area contributed by atoms with Crippen molar-refractivity contribution < 1.29 is 19.4 Å². The van der Waals surface area contributed by atoms with E-state index >= 15 is 0 Å². The quantitative estimate of drug-likeness (QED) is 0.674. The van der Waals surface area contributed by atoms with E-state index in [1.165, 1.54) is 0 Å². The molecule has 1 heterocycles. The number of hydrogen-bond donors (Lipinski definition) is 3. The van der Waals surface area contributed by atoms with Crippen LogP contribution in [0, 0.1) is 5.92 Å². The van der Waals surface area contributed by atoms with Crippen molar-refractivity contribution in [2.45, 2.75) is 50.7 Å². The van der Waals surface area contributed by atoms with E-state index in [-0.39, 0.29) is 22.7 Å². The van der Waals surface area contributed by atoms with Crippen LogP contribution in [-0.2, 0) is 16.0 Å². The van der Waals surface area contributed by atoms with E-state index in [2.05, 4.69) is 0 Å². The van der Waals surface area contributed by atoms with Crippen LogP contribution in [0.1, 0.15) is 66.6 Å². The molecule has 6 heteroatoms. The summed E-state index contributed by atoms with van der Waals surface area (Å²) in [5.41, 5.74) is 12.5. The SMILES string of the molecule is CCCC(C(N)=O)C12C(=O)c3c(N)cccc3C1(O)Oc1cc(C(C)C)ccc12. The van der Waals surface area contributed by atoms with Gasteiger partial charge in [0.1, 0.15) is 11.2 Å². The molecule has 0 radical (unpaired) electrons. The lowest BCUT2D eigenvalue weighted by molar-refractivity contribution is -0.180. The van der Waals surface area contributed by atoms with E-state index in [1.807, 2.05) is 32.9 Å². The molecule has 1 aliphatic carbocycles. The van der Waals surface area contributed by atoms with Crippen LogP contribution in [0.5, 0.6) is 5.75 Å². The predicted octanol–water partition coefficient (Wildman–Crippen LogP) is 2.97. The molecule has 2 aliphatic rings. The number of Topliss-reactive ketones (excluding diaryl/α,β-unsaturated/α-hetero) is 1. The molecule has 2 aromatic rings. The Kier molecular flexibility index (Phi) is 4.24. The van der Waals surface area contributed by atoms with Crippen LogP contribution in [0.4, 0.5) is 5.69 Å². The Morgan fingerprint density at radius 3 is 2.55 bits per heavy atom. The summed E-state index contributed by atoms with van der Waals surface area (Å²) in [6.45, 7) is 6.00. The summed E-state index contributed by atoms with van der Waals surface area (Å²) in [7, 11) is 0. The Balaban J connectivity index is 2.08. The standard InChI is InChI=1S/C23H26N2O4/c1-4-6-16(21(25)27)22-14-10-9-13(12(2)3)11-18(14)29-23(22,28)15-7-5-8-17(24)19(15)20(22)26/h5,7-12,16,28H,4,6,24H2,1-3H3,(H2,25,27). The summed E-state index contributed by atoms with van der Waals surface area (Å²) in [5.74, 6) is -3.40. The first-order valence-electron chi connectivity index (χ1n) is 9.99. The second-order valence-corrected chi connectivity index (χ2v) is 8.31. The average Bonchev–Trinajstić information content (AvgIpc) is 3.03. The maximum absolute atomic E-state index is 13.9. The summed E-state index contributed by atoms with van der Waals surface area (Å²) in [4.78, 5) is 26.5. The number of benzene rings is 2. The Hall–Kier alpha value is -2.86. The molecule has 4 rings (SSSR count). The molecular weight excluding hydrogens is 368 g/mol. The van der Waals surface area contributed by atoms with E-state index in [1.54, 1.807) is 24.3 Å². The number of aliphatic hydroxyl groups is 1. The smallest absolute Gasteiger partial charge is 0.253 e. The minimum Gasteiger partial charge on any atom is -0.456 e. The molecule has 0 spiro atoms. The number of ketones is 1. The first-order valence-corrected chi connectivity index (χ1v) is 9.99. The molecule has 1 amide bonds. The van der Waals surface area contributed by atoms with Gasteiger partial charge < -0.3 is 21.3 Å². The van der Waals surface area contributed by atoms with E-state index < -0.39 is 28.8 Å². The topological polar surface area (TPSA) is 116 Å². The van der Waals surface area contributed by atoms with Crippen LogP contribution in [-0.4, -0.2) is 16.8 Å². The first-order chi connectivity index (χ1) is 13.7. The van der Waals surface area contributed by atoms with Gasteiger partial charge in [-0.2, -0.15) is 0 Å². The minimum absolute atomic E-state index is 0.205. The summed E-state index contributed by atoms with van der Waals surface area (Å²) >= 11 is 0. The molecule has 5 N–H and O–H groups in total. The molecule has 0 saturated heterocycles. The minimum atomic E-state index is -2.04. The molecule has 0 bridgehead atoms. The zero-order valence-corrected chi connectivity index (χ0v) is 16.9. The maximum atomic E-state index is 13.9. The first kappa shape index (κ1) is 19.5. The van der Waals surface area contributed by atoms with Crippen LogP contribution in [0.3, 0.4) is 0 Å². The van der Waals surface area contributed by atoms with E-state index in [0.29, 0.717) is 24.2 Å². The zero-order valence-electron chi connectivity index (χ0n) is 16.9. The van der Waals surface area contributed by atoms with Gasteiger partial charge in [-0.15, -0.1) is 0 Å². The van der Waals surface area contributed by atoms with Crippen molar-refractivity contribution in [3.05, 3.63) is 58.7 Å². The lowest BCUT2D eigenvalue weighted by Crippen LogP contribution is -2.57. The highest BCUT2D eigenvalue weighted by Crippen LogP contribution is 2.64. The second kappa shape index (κ2) is 6.32. The largest absolute Gasteiger partial charge is 0.456 e. The third-order valence-corrected chi connectivity index (χ3v) is 6.38. The van der Waals surface area contributed by atoms with Crippen molar-refractivity contribution in [1.29, 1.82) is 0 Å². The fourth-order valence-corrected chi connectivity index (χ4v) is 5.02. The monoisotopic (exact) mass is 394 g/mol. The van der Waals surface area contributed by atoms with Gasteiger partial charge in [0.25, 0.3) is 5.79 Å². The Morgan fingerprint density at radius 1 is 1.21 bits per heavy atom. The fraction of sp³-hybridized carbons (Fsp3) is 0.391. The number of nitrogen functional groups attached to an aromatic ring is 1. The molecule has 152 valence electrons. The van der Waals surface area contributed by atoms with Crippen molar-refractivity contribution in [3.8, 4) is 5.75 Å². The Morgan fingerprint density at radius 2 is 1.93 bits per heavy atom. The highest BCUT2D eigenvalue weighted by molar-refractivity contribution is 6.16. The van der Waals surface area contributed by atoms with E-state index in [9.17, 15) is 14.7 Å². The predicted molar refractivity (Wildman–Crippen MR) is 110 cm³/mol. The van der Waals surface area contributed by atoms with E-state index in [4.69, 9.17) is 16.2 Å². The number of carbonyl (C=O) groups is 2. The molecule has 0 aromatic heterocycles. The number of hydrogen-bond acceptors (Lipinski definition) is 5. The lowest BCUT2D eigenvalue weighted by atomic mass is 9.63. The molecule has 3 atom stereocenters. The number of anilines is 1. The number of carbonyl (C=O) groups excluding carboxylic acids is 2. The van der Waals surface area contributed by atoms with Crippen molar-refractivity contribution in [2.24, 2.45) is 11.7 Å². The lowest BCUT2D eigenvalue weighted by Gasteiger charge is -2.38. The van der Waals surface area contributed by atoms with Gasteiger partial charge in [0.05, 0.1) is 11.5 Å². The second-order valence-electron chi connectivity index (χ2n) is 8.31. The van der Waals surface area contributed by atoms with Gasteiger partial charge in [-0.1, -0.05) is 51.5 Å². The van der Waals surface area contributed by atoms with Crippen LogP contribution in [0.15, 0.2) is 36.4 Å². The summed E-state index contributed by atoms with van der Waals surface area (Å²) in [6, 6.07) is 10.4. The summed E-state index contributed by atoms with van der Waals surface area (Å²) in [5, 5.41) is 11.9. The molecule has 0 saturated carbocycles. The molecule has 6 nitrogen and oxygen atoms in total. The van der Waals surface area contributed by atoms with Crippen LogP contribution in [0.2, 0.25) is 0 Å². The number of nitrogens with two attached hydrogens (primary N) is 2. The third-order valence-electron chi connectivity index (χ3n) is 6.38. The van der Waals surface area contributed by atoms with Crippen LogP contribution in [0.25, 0.3) is 0 Å². The molecule has 0 fully saturated rings. The van der Waals surface area contributed by atoms with Gasteiger partial charge in [-0.05, 0) is 30.0 Å². The normalized spacial score (nSPS) is 25.3. The number of primary amides is 1. The van der Waals surface area contributed by atoms with Gasteiger partial charge in [-0.3, -0.25) is 9.59 Å². The molecule has 29 heavy (non-hydrogen) atoms. The Bertz CT molecular complexity index is 1030. The van der Waals surface area contributed by atoms with Gasteiger partial charge in [0, 0.05) is 16.8 Å². The van der Waals surface area contributed by atoms with Gasteiger partial charge in [0.2, 0.25) is 5.91 Å². The van der Waals surface area contributed by atoms with Crippen molar-refractivity contribution >= 4 is 17.4 Å². The van der Waals surface area contributed by atoms with Crippen molar-refractivity contribution in [2.75, 3.05) is 5.73 Å². The highest BCUT2D eigenvalue weighted by atomic mass is 16.6. The van der Waals surface area contributed by atoms with Gasteiger partial charge >= 0.3 is 0 Å². The maximum Gasteiger partial charge on any atom is 0.253 e. The summed E-state index contributed by atoms with van der Waals surface area (Å²) < 4.78 is 6.11. The van der Waals surface area contributed by atoms with Gasteiger partial charge in [0.15, 0.2) is 5.78 Å². The van der Waals surface area contributed by atoms with Gasteiger partial charge in [-0.25, -0.2) is 0 Å². The number of fused-ring (bicyclic) bond motifs is 5. The fourth-order valence-electron chi connectivity index (χ4n) is 5.02. The average molecular weight is 394 g/mol. The van der Waals surface area contributed by atoms with Crippen LogP contribution >= 0.6 is 0 Å². The summed E-state index contributed by atoms with van der Waals surface area (Å²) in [6.07, 6.45) is 0.954. The molecule has 1 aliphatic heterocycles. The number of rotatable bonds is 5. The zero-order chi connectivity index (χ0) is 21.1. The number of amides is 1. The van der Waals surface area contributed by atoms with Crippen LogP contribution < -0.4 is 16.2 Å². The Labute approximate surface area is 169 Å². The highest BCUT2D eigenvalue weighted by Gasteiger charge is 2.74. The van der Waals surface area contributed by atoms with E-state index in [0.717, 1.165) is 5.56 Å². The number of ether oxygens (including phenoxy) is 1. The molecular formula is C23H26N2O4. The molecule has 3 unspecified atom stereocenters. The van der Waals surface area contributed by atoms with Crippen molar-refractivity contribution in [3.63, 3.8) is 0 Å². The van der Waals surface area contributed by atoms with Crippen molar-refractivity contribution in [1.82, 2.24) is 0 Å². The molecule has 2 aromatic carbocycles. The third kappa shape index (κ3) is 2.26.